The molecule has 1 aliphatic heterocycles. The summed E-state index contributed by atoms with van der Waals surface area (Å²) < 4.78 is 5.47. The number of ether oxygens (including phenoxy) is 1. The minimum absolute atomic E-state index is 0.287. The largest absolute Gasteiger partial charge is 0.443 e. The highest BCUT2D eigenvalue weighted by Gasteiger charge is 2.51. The summed E-state index contributed by atoms with van der Waals surface area (Å²) in [7, 11) is 0. The van der Waals surface area contributed by atoms with Crippen molar-refractivity contribution in [1.82, 2.24) is 4.90 Å². The van der Waals surface area contributed by atoms with Crippen molar-refractivity contribution < 1.29 is 19.1 Å². The molecule has 1 saturated heterocycles. The second-order valence-corrected chi connectivity index (χ2v) is 9.35. The number of hydrogen-bond acceptors (Lipinski definition) is 4. The average molecular weight is 408 g/mol. The van der Waals surface area contributed by atoms with Gasteiger partial charge in [-0.25, -0.2) is 9.69 Å². The maximum atomic E-state index is 12.8. The SMILES string of the molecule is CC(C)(C)OC(=O)N1C(=O)C(C=O)CC1C(C)(C)c1ccc(-c2ccccc2)cc1. The molecule has 2 aromatic rings. The molecule has 0 radical (unpaired) electrons. The van der Waals surface area contributed by atoms with Crippen LogP contribution in [0.1, 0.15) is 46.6 Å². The van der Waals surface area contributed by atoms with Gasteiger partial charge in [-0.05, 0) is 43.9 Å². The average Bonchev–Trinajstić information content (AvgIpc) is 3.05. The highest BCUT2D eigenvalue weighted by molar-refractivity contribution is 6.02. The zero-order valence-electron chi connectivity index (χ0n) is 18.2. The fourth-order valence-corrected chi connectivity index (χ4v) is 3.95. The van der Waals surface area contributed by atoms with Crippen molar-refractivity contribution >= 4 is 18.3 Å². The Morgan fingerprint density at radius 1 is 0.967 bits per heavy atom. The number of benzene rings is 2. The molecule has 0 saturated carbocycles. The minimum Gasteiger partial charge on any atom is -0.443 e. The summed E-state index contributed by atoms with van der Waals surface area (Å²) in [5.41, 5.74) is 1.91. The highest BCUT2D eigenvalue weighted by atomic mass is 16.6. The molecule has 0 spiro atoms. The molecule has 2 unspecified atom stereocenters. The Morgan fingerprint density at radius 2 is 1.53 bits per heavy atom. The predicted molar refractivity (Wildman–Crippen MR) is 116 cm³/mol. The molecule has 5 nitrogen and oxygen atoms in total. The van der Waals surface area contributed by atoms with Crippen LogP contribution in [-0.2, 0) is 19.7 Å². The maximum absolute atomic E-state index is 12.8. The molecule has 1 heterocycles. The zero-order valence-corrected chi connectivity index (χ0v) is 18.2. The van der Waals surface area contributed by atoms with Crippen molar-refractivity contribution in [3.05, 3.63) is 60.2 Å². The number of likely N-dealkylation sites (tertiary alicyclic amines) is 1. The fourth-order valence-electron chi connectivity index (χ4n) is 3.95. The van der Waals surface area contributed by atoms with E-state index in [1.807, 2.05) is 56.3 Å². The van der Waals surface area contributed by atoms with E-state index < -0.39 is 35.0 Å². The first kappa shape index (κ1) is 21.8. The minimum atomic E-state index is -0.828. The van der Waals surface area contributed by atoms with Gasteiger partial charge in [-0.15, -0.1) is 0 Å². The normalized spacial score (nSPS) is 19.6. The number of hydrogen-bond donors (Lipinski definition) is 0. The van der Waals surface area contributed by atoms with Crippen LogP contribution in [0.4, 0.5) is 4.79 Å². The van der Waals surface area contributed by atoms with Crippen molar-refractivity contribution in [3.8, 4) is 11.1 Å². The van der Waals surface area contributed by atoms with Crippen LogP contribution in [0.5, 0.6) is 0 Å². The number of carbonyl (C=O) groups excluding carboxylic acids is 3. The Bertz CT molecular complexity index is 926. The Balaban J connectivity index is 1.93. The van der Waals surface area contributed by atoms with E-state index in [0.29, 0.717) is 6.29 Å². The highest BCUT2D eigenvalue weighted by Crippen LogP contribution is 2.40. The molecule has 3 rings (SSSR count). The molecule has 30 heavy (non-hydrogen) atoms. The predicted octanol–water partition coefficient (Wildman–Crippen LogP) is 4.98. The lowest BCUT2D eigenvalue weighted by molar-refractivity contribution is -0.133. The van der Waals surface area contributed by atoms with E-state index in [1.165, 1.54) is 0 Å². The van der Waals surface area contributed by atoms with Crippen LogP contribution in [-0.4, -0.2) is 34.8 Å². The number of aldehydes is 1. The Hall–Kier alpha value is -2.95. The topological polar surface area (TPSA) is 63.7 Å². The van der Waals surface area contributed by atoms with E-state index in [1.54, 1.807) is 20.8 Å². The lowest BCUT2D eigenvalue weighted by Gasteiger charge is -2.37. The van der Waals surface area contributed by atoms with E-state index in [2.05, 4.69) is 12.1 Å². The van der Waals surface area contributed by atoms with Crippen molar-refractivity contribution in [2.45, 2.75) is 58.1 Å². The number of imide groups is 1. The lowest BCUT2D eigenvalue weighted by Crippen LogP contribution is -2.50. The molecule has 2 aromatic carbocycles. The van der Waals surface area contributed by atoms with Crippen molar-refractivity contribution in [2.24, 2.45) is 5.92 Å². The van der Waals surface area contributed by atoms with Gasteiger partial charge in [0.15, 0.2) is 0 Å². The van der Waals surface area contributed by atoms with Gasteiger partial charge < -0.3 is 9.53 Å². The second-order valence-electron chi connectivity index (χ2n) is 9.35. The van der Waals surface area contributed by atoms with Crippen molar-refractivity contribution in [3.63, 3.8) is 0 Å². The van der Waals surface area contributed by atoms with Gasteiger partial charge in [-0.3, -0.25) is 4.79 Å². The van der Waals surface area contributed by atoms with Crippen molar-refractivity contribution in [1.29, 1.82) is 0 Å². The molecule has 158 valence electrons. The Labute approximate surface area is 178 Å². The molecule has 5 heteroatoms. The summed E-state index contributed by atoms with van der Waals surface area (Å²) in [6.45, 7) is 9.25. The molecule has 0 aliphatic carbocycles. The van der Waals surface area contributed by atoms with Crippen molar-refractivity contribution in [2.75, 3.05) is 0 Å². The fraction of sp³-hybridized carbons (Fsp3) is 0.400. The number of amides is 2. The maximum Gasteiger partial charge on any atom is 0.417 e. The third-order valence-electron chi connectivity index (χ3n) is 5.67. The quantitative estimate of drug-likeness (QED) is 0.529. The van der Waals surface area contributed by atoms with Crippen LogP contribution < -0.4 is 0 Å². The van der Waals surface area contributed by atoms with Gasteiger partial charge in [0.2, 0.25) is 5.91 Å². The summed E-state index contributed by atoms with van der Waals surface area (Å²) in [4.78, 5) is 38.2. The summed E-state index contributed by atoms with van der Waals surface area (Å²) in [5.74, 6) is -1.32. The summed E-state index contributed by atoms with van der Waals surface area (Å²) in [5, 5.41) is 0. The number of rotatable bonds is 4. The molecule has 1 fully saturated rings. The monoisotopic (exact) mass is 407 g/mol. The summed E-state index contributed by atoms with van der Waals surface area (Å²) >= 11 is 0. The van der Waals surface area contributed by atoms with Gasteiger partial charge in [0.1, 0.15) is 11.9 Å². The van der Waals surface area contributed by atoms with Crippen LogP contribution in [0.3, 0.4) is 0 Å². The van der Waals surface area contributed by atoms with Gasteiger partial charge >= 0.3 is 6.09 Å². The molecule has 0 aromatic heterocycles. The third-order valence-corrected chi connectivity index (χ3v) is 5.67. The van der Waals surface area contributed by atoms with E-state index >= 15 is 0 Å². The van der Waals surface area contributed by atoms with Crippen LogP contribution in [0.2, 0.25) is 0 Å². The first-order valence-electron chi connectivity index (χ1n) is 10.2. The smallest absolute Gasteiger partial charge is 0.417 e. The van der Waals surface area contributed by atoms with Gasteiger partial charge in [0, 0.05) is 5.41 Å². The molecule has 0 bridgehead atoms. The summed E-state index contributed by atoms with van der Waals surface area (Å²) in [6, 6.07) is 17.7. The van der Waals surface area contributed by atoms with Gasteiger partial charge in [0.25, 0.3) is 0 Å². The van der Waals surface area contributed by atoms with Gasteiger partial charge in [-0.2, -0.15) is 0 Å². The lowest BCUT2D eigenvalue weighted by atomic mass is 9.75. The third kappa shape index (κ3) is 4.30. The number of nitrogens with zero attached hydrogens (tertiary/aromatic N) is 1. The molecule has 2 amide bonds. The second kappa shape index (κ2) is 8.05. The van der Waals surface area contributed by atoms with Crippen LogP contribution in [0.25, 0.3) is 11.1 Å². The number of carbonyl (C=O) groups is 3. The first-order chi connectivity index (χ1) is 14.0. The van der Waals surface area contributed by atoms with E-state index in [9.17, 15) is 14.4 Å². The molecular weight excluding hydrogens is 378 g/mol. The van der Waals surface area contributed by atoms with Crippen LogP contribution in [0.15, 0.2) is 54.6 Å². The van der Waals surface area contributed by atoms with Crippen LogP contribution in [0, 0.1) is 5.92 Å². The Kier molecular flexibility index (Phi) is 5.84. The zero-order chi connectivity index (χ0) is 22.1. The van der Waals surface area contributed by atoms with Gasteiger partial charge in [0.05, 0.1) is 12.0 Å². The van der Waals surface area contributed by atoms with Crippen LogP contribution >= 0.6 is 0 Å². The first-order valence-corrected chi connectivity index (χ1v) is 10.2. The standard InChI is InChI=1S/C25H29NO4/c1-24(2,3)30-23(29)26-21(15-19(16-27)22(26)28)25(4,5)20-13-11-18(12-14-20)17-9-7-6-8-10-17/h6-14,16,19,21H,15H2,1-5H3. The molecule has 0 N–H and O–H groups in total. The van der Waals surface area contributed by atoms with E-state index in [0.717, 1.165) is 21.6 Å². The van der Waals surface area contributed by atoms with Gasteiger partial charge in [-0.1, -0.05) is 68.4 Å². The molecule has 1 aliphatic rings. The molecular formula is C25H29NO4. The summed E-state index contributed by atoms with van der Waals surface area (Å²) in [6.07, 6.45) is 0.222. The molecule has 2 atom stereocenters. The van der Waals surface area contributed by atoms with E-state index in [-0.39, 0.29) is 6.42 Å². The van der Waals surface area contributed by atoms with E-state index in [4.69, 9.17) is 4.74 Å². The Morgan fingerprint density at radius 3 is 2.07 bits per heavy atom.